The number of benzene rings is 2. The number of nitrogens with zero attached hydrogens (tertiary/aromatic N) is 1. The predicted octanol–water partition coefficient (Wildman–Crippen LogP) is 4.48. The molecule has 1 aliphatic rings. The summed E-state index contributed by atoms with van der Waals surface area (Å²) in [6.07, 6.45) is 0. The van der Waals surface area contributed by atoms with Crippen LogP contribution in [-0.2, 0) is 15.7 Å². The second-order valence-corrected chi connectivity index (χ2v) is 8.58. The van der Waals surface area contributed by atoms with E-state index in [1.807, 2.05) is 24.3 Å². The molecule has 0 bridgehead atoms. The molecule has 28 heavy (non-hydrogen) atoms. The van der Waals surface area contributed by atoms with Gasteiger partial charge in [-0.05, 0) is 47.7 Å². The van der Waals surface area contributed by atoms with Gasteiger partial charge in [0.15, 0.2) is 0 Å². The molecule has 2 aromatic rings. The molecule has 1 fully saturated rings. The van der Waals surface area contributed by atoms with Gasteiger partial charge < -0.3 is 10.1 Å². The summed E-state index contributed by atoms with van der Waals surface area (Å²) in [6, 6.07) is 14.4. The summed E-state index contributed by atoms with van der Waals surface area (Å²) in [4.78, 5) is 26.6. The van der Waals surface area contributed by atoms with Gasteiger partial charge in [0.25, 0.3) is 5.91 Å². The first-order valence-corrected chi connectivity index (χ1v) is 9.62. The fraction of sp³-hybridized carbons (Fsp3) is 0.364. The number of urea groups is 1. The molecular formula is C22H25ClN2O3. The lowest BCUT2D eigenvalue weighted by Gasteiger charge is -2.24. The molecule has 0 aliphatic carbocycles. The van der Waals surface area contributed by atoms with Crippen LogP contribution in [0.1, 0.15) is 38.8 Å². The number of carbonyl (C=O) groups excluding carboxylic acids is 2. The molecule has 1 heterocycles. The number of rotatable bonds is 5. The van der Waals surface area contributed by atoms with Crippen LogP contribution < -0.4 is 10.1 Å². The lowest BCUT2D eigenvalue weighted by atomic mass is 9.84. The van der Waals surface area contributed by atoms with E-state index in [1.54, 1.807) is 31.2 Å². The quantitative estimate of drug-likeness (QED) is 0.752. The van der Waals surface area contributed by atoms with Crippen LogP contribution in [0.4, 0.5) is 4.79 Å². The Morgan fingerprint density at radius 3 is 2.21 bits per heavy atom. The third kappa shape index (κ3) is 3.99. The Labute approximate surface area is 170 Å². The van der Waals surface area contributed by atoms with Crippen molar-refractivity contribution >= 4 is 23.5 Å². The van der Waals surface area contributed by atoms with Crippen LogP contribution in [0.5, 0.6) is 5.75 Å². The fourth-order valence-corrected chi connectivity index (χ4v) is 3.31. The molecule has 3 amide bonds. The number of imide groups is 1. The van der Waals surface area contributed by atoms with Crippen LogP contribution >= 0.6 is 11.6 Å². The van der Waals surface area contributed by atoms with Gasteiger partial charge in [0, 0.05) is 5.02 Å². The molecule has 1 N–H and O–H groups in total. The highest BCUT2D eigenvalue weighted by Gasteiger charge is 2.48. The van der Waals surface area contributed by atoms with Crippen molar-refractivity contribution in [1.29, 1.82) is 0 Å². The highest BCUT2D eigenvalue weighted by atomic mass is 35.5. The molecule has 0 saturated carbocycles. The summed E-state index contributed by atoms with van der Waals surface area (Å²) >= 11 is 5.85. The van der Waals surface area contributed by atoms with Crippen molar-refractivity contribution in [1.82, 2.24) is 10.2 Å². The van der Waals surface area contributed by atoms with Gasteiger partial charge in [-0.25, -0.2) is 4.79 Å². The van der Waals surface area contributed by atoms with E-state index in [-0.39, 0.29) is 24.5 Å². The van der Waals surface area contributed by atoms with Gasteiger partial charge in [-0.1, -0.05) is 56.6 Å². The largest absolute Gasteiger partial charge is 0.492 e. The van der Waals surface area contributed by atoms with Gasteiger partial charge >= 0.3 is 6.03 Å². The van der Waals surface area contributed by atoms with Gasteiger partial charge in [0.05, 0.1) is 6.54 Å². The summed E-state index contributed by atoms with van der Waals surface area (Å²) in [7, 11) is 0. The molecular weight excluding hydrogens is 376 g/mol. The number of hydrogen-bond acceptors (Lipinski definition) is 3. The molecule has 1 atom stereocenters. The Bertz CT molecular complexity index is 872. The van der Waals surface area contributed by atoms with Gasteiger partial charge in [-0.15, -0.1) is 0 Å². The van der Waals surface area contributed by atoms with Crippen molar-refractivity contribution in [3.63, 3.8) is 0 Å². The number of amides is 3. The Morgan fingerprint density at radius 1 is 1.04 bits per heavy atom. The van der Waals surface area contributed by atoms with E-state index >= 15 is 0 Å². The van der Waals surface area contributed by atoms with E-state index in [0.29, 0.717) is 10.8 Å². The molecule has 0 aromatic heterocycles. The summed E-state index contributed by atoms with van der Waals surface area (Å²) < 4.78 is 5.61. The maximum Gasteiger partial charge on any atom is 0.325 e. The third-order valence-corrected chi connectivity index (χ3v) is 5.25. The van der Waals surface area contributed by atoms with Gasteiger partial charge in [0.1, 0.15) is 17.9 Å². The number of halogens is 1. The normalized spacial score (nSPS) is 19.7. The van der Waals surface area contributed by atoms with E-state index in [1.165, 1.54) is 10.5 Å². The standard InChI is InChI=1S/C22H25ClN2O3/c1-21(2,3)15-5-7-16(8-6-15)22(4)19(26)25(20(27)24-22)13-14-28-18-11-9-17(23)10-12-18/h5-12H,13-14H2,1-4H3,(H,24,27). The minimum atomic E-state index is -1.08. The van der Waals surface area contributed by atoms with E-state index < -0.39 is 11.6 Å². The summed E-state index contributed by atoms with van der Waals surface area (Å²) in [5.74, 6) is 0.359. The molecule has 0 radical (unpaired) electrons. The third-order valence-electron chi connectivity index (χ3n) is 5.00. The van der Waals surface area contributed by atoms with Crippen LogP contribution in [-0.4, -0.2) is 30.0 Å². The summed E-state index contributed by atoms with van der Waals surface area (Å²) in [5.41, 5.74) is 0.881. The summed E-state index contributed by atoms with van der Waals surface area (Å²) in [6.45, 7) is 8.51. The Balaban J connectivity index is 1.68. The average Bonchev–Trinajstić information content (AvgIpc) is 2.86. The molecule has 6 heteroatoms. The Kier molecular flexibility index (Phi) is 5.39. The van der Waals surface area contributed by atoms with Crippen molar-refractivity contribution in [2.45, 2.75) is 38.6 Å². The monoisotopic (exact) mass is 400 g/mol. The molecule has 5 nitrogen and oxygen atoms in total. The second-order valence-electron chi connectivity index (χ2n) is 8.14. The number of ether oxygens (including phenoxy) is 1. The lowest BCUT2D eigenvalue weighted by molar-refractivity contribution is -0.131. The zero-order chi connectivity index (χ0) is 20.5. The van der Waals surface area contributed by atoms with Crippen molar-refractivity contribution in [2.75, 3.05) is 13.2 Å². The first-order valence-electron chi connectivity index (χ1n) is 9.25. The van der Waals surface area contributed by atoms with Gasteiger partial charge in [0.2, 0.25) is 0 Å². The predicted molar refractivity (Wildman–Crippen MR) is 110 cm³/mol. The van der Waals surface area contributed by atoms with Crippen molar-refractivity contribution < 1.29 is 14.3 Å². The fourth-order valence-electron chi connectivity index (χ4n) is 3.18. The lowest BCUT2D eigenvalue weighted by Crippen LogP contribution is -2.41. The Morgan fingerprint density at radius 2 is 1.64 bits per heavy atom. The first kappa shape index (κ1) is 20.2. The van der Waals surface area contributed by atoms with Gasteiger partial charge in [-0.3, -0.25) is 9.69 Å². The highest BCUT2D eigenvalue weighted by Crippen LogP contribution is 2.31. The van der Waals surface area contributed by atoms with E-state index in [9.17, 15) is 9.59 Å². The van der Waals surface area contributed by atoms with Crippen LogP contribution in [0.25, 0.3) is 0 Å². The number of hydrogen-bond donors (Lipinski definition) is 1. The molecule has 0 spiro atoms. The molecule has 2 aromatic carbocycles. The van der Waals surface area contributed by atoms with Gasteiger partial charge in [-0.2, -0.15) is 0 Å². The molecule has 1 unspecified atom stereocenters. The number of nitrogens with one attached hydrogen (secondary N) is 1. The van der Waals surface area contributed by atoms with E-state index in [2.05, 4.69) is 26.1 Å². The van der Waals surface area contributed by atoms with E-state index in [0.717, 1.165) is 5.56 Å². The topological polar surface area (TPSA) is 58.6 Å². The highest BCUT2D eigenvalue weighted by molar-refractivity contribution is 6.30. The van der Waals surface area contributed by atoms with Crippen LogP contribution in [0.2, 0.25) is 5.02 Å². The first-order chi connectivity index (χ1) is 13.1. The van der Waals surface area contributed by atoms with Crippen LogP contribution in [0, 0.1) is 0 Å². The molecule has 1 saturated heterocycles. The van der Waals surface area contributed by atoms with Crippen molar-refractivity contribution in [2.24, 2.45) is 0 Å². The molecule has 1 aliphatic heterocycles. The molecule has 148 valence electrons. The van der Waals surface area contributed by atoms with Crippen molar-refractivity contribution in [3.05, 3.63) is 64.7 Å². The number of carbonyl (C=O) groups is 2. The molecule has 3 rings (SSSR count). The zero-order valence-corrected chi connectivity index (χ0v) is 17.3. The smallest absolute Gasteiger partial charge is 0.325 e. The average molecular weight is 401 g/mol. The minimum Gasteiger partial charge on any atom is -0.492 e. The minimum absolute atomic E-state index is 0.0212. The van der Waals surface area contributed by atoms with Crippen LogP contribution in [0.15, 0.2) is 48.5 Å². The summed E-state index contributed by atoms with van der Waals surface area (Å²) in [5, 5.41) is 3.45. The maximum absolute atomic E-state index is 13.0. The second kappa shape index (κ2) is 7.47. The Hall–Kier alpha value is -2.53. The zero-order valence-electron chi connectivity index (χ0n) is 16.6. The van der Waals surface area contributed by atoms with E-state index in [4.69, 9.17) is 16.3 Å². The van der Waals surface area contributed by atoms with Crippen molar-refractivity contribution in [3.8, 4) is 5.75 Å². The van der Waals surface area contributed by atoms with Crippen LogP contribution in [0.3, 0.4) is 0 Å². The maximum atomic E-state index is 13.0. The SMILES string of the molecule is CC(C)(C)c1ccc(C2(C)NC(=O)N(CCOc3ccc(Cl)cc3)C2=O)cc1.